The summed E-state index contributed by atoms with van der Waals surface area (Å²) < 4.78 is 20.6. The summed E-state index contributed by atoms with van der Waals surface area (Å²) in [7, 11) is 0. The number of unbranched alkanes of at least 4 members (excludes halogenated alkanes) is 2. The smallest absolute Gasteiger partial charge is 0.120 e. The second kappa shape index (κ2) is 15.3. The molecule has 3 aromatic carbocycles. The highest BCUT2D eigenvalue weighted by atomic mass is 16.5. The predicted octanol–water partition coefficient (Wildman–Crippen LogP) is 9.28. The van der Waals surface area contributed by atoms with Gasteiger partial charge < -0.3 is 18.8 Å². The Morgan fingerprint density at radius 3 is 2.05 bits per heavy atom. The van der Waals surface area contributed by atoms with E-state index in [1.54, 1.807) is 0 Å². The highest BCUT2D eigenvalue weighted by molar-refractivity contribution is 5.92. The average Bonchev–Trinajstić information content (AvgIpc) is 3.30. The van der Waals surface area contributed by atoms with E-state index < -0.39 is 0 Å². The van der Waals surface area contributed by atoms with Crippen LogP contribution in [0.1, 0.15) is 76.8 Å². The topological polar surface area (TPSA) is 35.9 Å². The molecule has 4 aromatic rings. The van der Waals surface area contributed by atoms with Crippen molar-refractivity contribution in [1.29, 1.82) is 0 Å². The molecule has 0 amide bonds. The number of aromatic nitrogens is 1. The molecule has 0 radical (unpaired) electrons. The van der Waals surface area contributed by atoms with Gasteiger partial charge in [0.2, 0.25) is 0 Å². The van der Waals surface area contributed by atoms with Crippen LogP contribution in [0.5, 0.6) is 17.2 Å². The van der Waals surface area contributed by atoms with E-state index >= 15 is 0 Å². The van der Waals surface area contributed by atoms with Gasteiger partial charge in [0.1, 0.15) is 23.9 Å². The summed E-state index contributed by atoms with van der Waals surface area (Å²) in [6.07, 6.45) is 8.35. The third-order valence-corrected chi connectivity index (χ3v) is 8.80. The molecule has 0 N–H and O–H groups in total. The monoisotopic (exact) mass is 582 g/mol. The van der Waals surface area contributed by atoms with Crippen LogP contribution in [0.25, 0.3) is 22.2 Å². The number of rotatable bonds is 15. The molecule has 0 spiro atoms. The molecule has 1 aliphatic heterocycles. The third-order valence-electron chi connectivity index (χ3n) is 8.80. The summed E-state index contributed by atoms with van der Waals surface area (Å²) in [6.45, 7) is 14.1. The maximum absolute atomic E-state index is 6.16. The molecule has 43 heavy (non-hydrogen) atoms. The lowest BCUT2D eigenvalue weighted by Gasteiger charge is -2.33. The van der Waals surface area contributed by atoms with Crippen LogP contribution in [-0.4, -0.2) is 48.4 Å². The van der Waals surface area contributed by atoms with E-state index in [2.05, 4.69) is 104 Å². The molecule has 1 saturated heterocycles. The van der Waals surface area contributed by atoms with Gasteiger partial charge in [0.25, 0.3) is 0 Å². The van der Waals surface area contributed by atoms with E-state index in [9.17, 15) is 0 Å². The molecule has 1 aromatic heterocycles. The predicted molar refractivity (Wildman–Crippen MR) is 179 cm³/mol. The van der Waals surface area contributed by atoms with Crippen LogP contribution in [0.2, 0.25) is 0 Å². The molecule has 1 fully saturated rings. The molecule has 0 saturated carbocycles. The Balaban J connectivity index is 1.36. The van der Waals surface area contributed by atoms with Gasteiger partial charge in [0.05, 0.1) is 18.9 Å². The second-order valence-electron chi connectivity index (χ2n) is 12.0. The maximum atomic E-state index is 6.16. The Hall–Kier alpha value is -3.44. The van der Waals surface area contributed by atoms with Gasteiger partial charge in [-0.2, -0.15) is 0 Å². The van der Waals surface area contributed by atoms with Crippen LogP contribution in [0.4, 0.5) is 0 Å². The van der Waals surface area contributed by atoms with Gasteiger partial charge in [-0.3, -0.25) is 4.90 Å². The molecular weight excluding hydrogens is 532 g/mol. The van der Waals surface area contributed by atoms with Crippen LogP contribution in [-0.2, 0) is 6.54 Å². The number of hydrogen-bond acceptors (Lipinski definition) is 4. The van der Waals surface area contributed by atoms with Gasteiger partial charge in [-0.25, -0.2) is 0 Å². The van der Waals surface area contributed by atoms with E-state index in [4.69, 9.17) is 14.2 Å². The first-order valence-electron chi connectivity index (χ1n) is 16.5. The van der Waals surface area contributed by atoms with E-state index in [0.29, 0.717) is 6.04 Å². The van der Waals surface area contributed by atoms with Crippen molar-refractivity contribution in [3.8, 4) is 28.5 Å². The number of piperidine rings is 1. The van der Waals surface area contributed by atoms with Crippen molar-refractivity contribution < 1.29 is 14.2 Å². The number of ether oxygens (including phenoxy) is 3. The van der Waals surface area contributed by atoms with Crippen LogP contribution in [0.15, 0.2) is 66.7 Å². The Morgan fingerprint density at radius 1 is 0.744 bits per heavy atom. The summed E-state index contributed by atoms with van der Waals surface area (Å²) >= 11 is 0. The number of nitrogens with zero attached hydrogens (tertiary/aromatic N) is 2. The van der Waals surface area contributed by atoms with Gasteiger partial charge in [0, 0.05) is 30.0 Å². The molecule has 5 heteroatoms. The lowest BCUT2D eigenvalue weighted by Crippen LogP contribution is -2.39. The zero-order valence-corrected chi connectivity index (χ0v) is 26.7. The van der Waals surface area contributed by atoms with Gasteiger partial charge in [-0.15, -0.1) is 0 Å². The number of likely N-dealkylation sites (tertiary alicyclic amines) is 1. The normalized spacial score (nSPS) is 15.6. The second-order valence-corrected chi connectivity index (χ2v) is 12.0. The Labute approximate surface area is 258 Å². The molecule has 1 unspecified atom stereocenters. The molecule has 2 heterocycles. The molecule has 0 aliphatic carbocycles. The highest BCUT2D eigenvalue weighted by Gasteiger charge is 2.19. The summed E-state index contributed by atoms with van der Waals surface area (Å²) in [4.78, 5) is 2.56. The fourth-order valence-electron chi connectivity index (χ4n) is 6.15. The van der Waals surface area contributed by atoms with Crippen LogP contribution in [0, 0.1) is 6.92 Å². The highest BCUT2D eigenvalue weighted by Crippen LogP contribution is 2.36. The Morgan fingerprint density at radius 2 is 1.37 bits per heavy atom. The third kappa shape index (κ3) is 7.94. The van der Waals surface area contributed by atoms with Crippen molar-refractivity contribution in [3.05, 3.63) is 77.9 Å². The number of benzene rings is 3. The number of fused-ring (bicyclic) bond motifs is 1. The minimum atomic E-state index is 0.664. The lowest BCUT2D eigenvalue weighted by atomic mass is 10.0. The van der Waals surface area contributed by atoms with E-state index in [0.717, 1.165) is 75.8 Å². The number of hydrogen-bond donors (Lipinski definition) is 0. The number of aryl methyl sites for hydroxylation is 1. The van der Waals surface area contributed by atoms with Gasteiger partial charge in [0.15, 0.2) is 0 Å². The van der Waals surface area contributed by atoms with Crippen LogP contribution in [0.3, 0.4) is 0 Å². The fourth-order valence-corrected chi connectivity index (χ4v) is 6.15. The van der Waals surface area contributed by atoms with E-state index in [1.165, 1.54) is 59.1 Å². The van der Waals surface area contributed by atoms with E-state index in [1.807, 2.05) is 0 Å². The molecule has 5 nitrogen and oxygen atoms in total. The first kappa shape index (κ1) is 31.0. The largest absolute Gasteiger partial charge is 0.494 e. The molecular formula is C38H50N2O3. The molecule has 230 valence electrons. The summed E-state index contributed by atoms with van der Waals surface area (Å²) in [5.74, 6) is 2.80. The summed E-state index contributed by atoms with van der Waals surface area (Å²) in [5, 5.41) is 1.24. The van der Waals surface area contributed by atoms with Gasteiger partial charge >= 0.3 is 0 Å². The quantitative estimate of drug-likeness (QED) is 0.131. The first-order valence-corrected chi connectivity index (χ1v) is 16.5. The zero-order valence-electron chi connectivity index (χ0n) is 26.7. The van der Waals surface area contributed by atoms with E-state index in [-0.39, 0.29) is 0 Å². The van der Waals surface area contributed by atoms with Crippen molar-refractivity contribution in [3.63, 3.8) is 0 Å². The first-order chi connectivity index (χ1) is 21.1. The Kier molecular flexibility index (Phi) is 11.1. The van der Waals surface area contributed by atoms with Crippen molar-refractivity contribution >= 4 is 10.9 Å². The minimum absolute atomic E-state index is 0.664. The van der Waals surface area contributed by atoms with Gasteiger partial charge in [-0.1, -0.05) is 45.2 Å². The van der Waals surface area contributed by atoms with Crippen molar-refractivity contribution in [2.75, 3.05) is 32.9 Å². The van der Waals surface area contributed by atoms with Crippen molar-refractivity contribution in [1.82, 2.24) is 9.47 Å². The molecule has 1 atom stereocenters. The zero-order chi connectivity index (χ0) is 30.0. The summed E-state index contributed by atoms with van der Waals surface area (Å²) in [6, 6.07) is 24.4. The minimum Gasteiger partial charge on any atom is -0.494 e. The van der Waals surface area contributed by atoms with Gasteiger partial charge in [-0.05, 0) is 117 Å². The molecule has 1 aliphatic rings. The standard InChI is InChI=1S/C38H50N2O3/c1-5-7-24-41-34-18-14-32(15-19-34)38-30(4)36-27-35(42-25-8-6-2)20-21-37(36)40(38)28-31-12-16-33(17-13-31)43-26-23-39-22-10-9-11-29(39)3/h12-21,27,29H,5-11,22-26,28H2,1-4H3. The van der Waals surface area contributed by atoms with Crippen LogP contribution >= 0.6 is 0 Å². The summed E-state index contributed by atoms with van der Waals surface area (Å²) in [5.41, 5.74) is 6.16. The SMILES string of the molecule is CCCCOc1ccc(-c2c(C)c3cc(OCCCC)ccc3n2Cc2ccc(OCCN3CCCCC3C)cc2)cc1. The lowest BCUT2D eigenvalue weighted by molar-refractivity contribution is 0.133. The van der Waals surface area contributed by atoms with Crippen LogP contribution < -0.4 is 14.2 Å². The molecule has 5 rings (SSSR count). The average molecular weight is 583 g/mol. The van der Waals surface area contributed by atoms with Crippen molar-refractivity contribution in [2.45, 2.75) is 85.2 Å². The molecule has 0 bridgehead atoms. The fraction of sp³-hybridized carbons (Fsp3) is 0.474. The Bertz CT molecular complexity index is 1420. The van der Waals surface area contributed by atoms with Crippen molar-refractivity contribution in [2.24, 2.45) is 0 Å². The maximum Gasteiger partial charge on any atom is 0.120 e.